The lowest BCUT2D eigenvalue weighted by Crippen LogP contribution is -2.58. The van der Waals surface area contributed by atoms with E-state index < -0.39 is 41.9 Å². The first kappa shape index (κ1) is 57.9. The van der Waals surface area contributed by atoms with Gasteiger partial charge in [-0.25, -0.2) is 4.79 Å². The standard InChI is InChI=1S/C49H97N5O6/c1-3-5-7-9-11-13-15-17-19-21-23-25-27-33-41-59-46(55)38-37-45(49(58)60-42-34-28-26-24-22-20-18-16-14-12-10-8-6-4-2)54(47(56)43(52)35-29-31-39-50)48(57)44(53)36-30-32-40-51/h43-45H,3-42,50-53H2,1-2H3/t43-,44-,45-/m0/s1. The minimum atomic E-state index is -1.34. The van der Waals surface area contributed by atoms with E-state index in [9.17, 15) is 19.2 Å². The van der Waals surface area contributed by atoms with Gasteiger partial charge in [0, 0.05) is 6.42 Å². The summed E-state index contributed by atoms with van der Waals surface area (Å²) in [7, 11) is 0. The minimum Gasteiger partial charge on any atom is -0.466 e. The van der Waals surface area contributed by atoms with E-state index in [0.29, 0.717) is 64.6 Å². The molecule has 8 N–H and O–H groups in total. The van der Waals surface area contributed by atoms with Gasteiger partial charge in [0.1, 0.15) is 6.04 Å². The van der Waals surface area contributed by atoms with Crippen molar-refractivity contribution in [3.63, 3.8) is 0 Å². The fraction of sp³-hybridized carbons (Fsp3) is 0.918. The average Bonchev–Trinajstić information content (AvgIpc) is 3.24. The lowest BCUT2D eigenvalue weighted by Gasteiger charge is -2.32. The molecule has 60 heavy (non-hydrogen) atoms. The molecule has 0 aliphatic carbocycles. The molecular weight excluding hydrogens is 755 g/mol. The summed E-state index contributed by atoms with van der Waals surface area (Å²) in [5.74, 6) is -2.59. The molecule has 0 bridgehead atoms. The van der Waals surface area contributed by atoms with Crippen molar-refractivity contribution < 1.29 is 28.7 Å². The maximum absolute atomic E-state index is 13.9. The number of hydrogen-bond acceptors (Lipinski definition) is 10. The van der Waals surface area contributed by atoms with E-state index in [-0.39, 0.29) is 19.4 Å². The van der Waals surface area contributed by atoms with Gasteiger partial charge in [0.2, 0.25) is 11.8 Å². The maximum Gasteiger partial charge on any atom is 0.329 e. The van der Waals surface area contributed by atoms with Gasteiger partial charge < -0.3 is 32.4 Å². The summed E-state index contributed by atoms with van der Waals surface area (Å²) in [5.41, 5.74) is 24.0. The number of carbonyl (C=O) groups is 4. The average molecular weight is 852 g/mol. The Morgan fingerprint density at radius 2 is 0.733 bits per heavy atom. The van der Waals surface area contributed by atoms with E-state index in [4.69, 9.17) is 32.4 Å². The topological polar surface area (TPSA) is 194 Å². The summed E-state index contributed by atoms with van der Waals surface area (Å²) < 4.78 is 11.3. The molecule has 0 saturated heterocycles. The molecule has 0 aromatic heterocycles. The SMILES string of the molecule is CCCCCCCCCCCCCCCCOC(=O)CC[C@@H](C(=O)OCCCCCCCCCCCCCCCC)N(C(=O)[C@@H](N)CCCCN)C(=O)[C@@H](N)CCCCN. The van der Waals surface area contributed by atoms with Crippen LogP contribution in [0.4, 0.5) is 0 Å². The fourth-order valence-electron chi connectivity index (χ4n) is 7.76. The Morgan fingerprint density at radius 1 is 0.417 bits per heavy atom. The summed E-state index contributed by atoms with van der Waals surface area (Å²) in [6.07, 6.45) is 37.1. The maximum atomic E-state index is 13.9. The van der Waals surface area contributed by atoms with Crippen LogP contribution in [0.1, 0.15) is 245 Å². The number of imide groups is 1. The summed E-state index contributed by atoms with van der Waals surface area (Å²) >= 11 is 0. The van der Waals surface area contributed by atoms with Crippen molar-refractivity contribution in [1.82, 2.24) is 4.90 Å². The third-order valence-electron chi connectivity index (χ3n) is 11.8. The molecule has 0 heterocycles. The van der Waals surface area contributed by atoms with Crippen molar-refractivity contribution in [2.45, 2.75) is 263 Å². The molecule has 0 aliphatic rings. The molecule has 0 unspecified atom stereocenters. The first-order chi connectivity index (χ1) is 29.2. The number of esters is 2. The summed E-state index contributed by atoms with van der Waals surface area (Å²) in [5, 5.41) is 0. The Morgan fingerprint density at radius 3 is 1.07 bits per heavy atom. The van der Waals surface area contributed by atoms with Crippen LogP contribution in [0.15, 0.2) is 0 Å². The van der Waals surface area contributed by atoms with Crippen molar-refractivity contribution >= 4 is 23.8 Å². The number of amides is 2. The van der Waals surface area contributed by atoms with Crippen LogP contribution in [0, 0.1) is 0 Å². The van der Waals surface area contributed by atoms with Crippen molar-refractivity contribution in [2.24, 2.45) is 22.9 Å². The monoisotopic (exact) mass is 852 g/mol. The van der Waals surface area contributed by atoms with Gasteiger partial charge in [-0.15, -0.1) is 0 Å². The summed E-state index contributed by atoms with van der Waals surface area (Å²) in [6, 6.07) is -3.42. The highest BCUT2D eigenvalue weighted by Crippen LogP contribution is 2.19. The second-order valence-corrected chi connectivity index (χ2v) is 17.5. The molecule has 11 heteroatoms. The van der Waals surface area contributed by atoms with Gasteiger partial charge in [-0.3, -0.25) is 19.3 Å². The van der Waals surface area contributed by atoms with E-state index in [1.165, 1.54) is 135 Å². The van der Waals surface area contributed by atoms with Gasteiger partial charge in [0.05, 0.1) is 25.3 Å². The number of hydrogen-bond donors (Lipinski definition) is 4. The van der Waals surface area contributed by atoms with Crippen LogP contribution in [-0.4, -0.2) is 73.1 Å². The number of nitrogens with two attached hydrogens (primary N) is 4. The molecule has 0 spiro atoms. The Kier molecular flexibility index (Phi) is 42.1. The molecular formula is C49H97N5O6. The highest BCUT2D eigenvalue weighted by atomic mass is 16.5. The van der Waals surface area contributed by atoms with Crippen LogP contribution in [0.25, 0.3) is 0 Å². The van der Waals surface area contributed by atoms with Crippen LogP contribution in [-0.2, 0) is 28.7 Å². The number of unbranched alkanes of at least 4 members (excludes halogenated alkanes) is 28. The van der Waals surface area contributed by atoms with E-state index in [1.54, 1.807) is 0 Å². The molecule has 0 fully saturated rings. The highest BCUT2D eigenvalue weighted by Gasteiger charge is 2.40. The van der Waals surface area contributed by atoms with E-state index >= 15 is 0 Å². The van der Waals surface area contributed by atoms with Crippen LogP contribution in [0.3, 0.4) is 0 Å². The Labute approximate surface area is 368 Å². The van der Waals surface area contributed by atoms with E-state index in [1.807, 2.05) is 0 Å². The summed E-state index contributed by atoms with van der Waals surface area (Å²) in [4.78, 5) is 55.4. The second-order valence-electron chi connectivity index (χ2n) is 17.5. The molecule has 0 aliphatic heterocycles. The summed E-state index contributed by atoms with van der Waals surface area (Å²) in [6.45, 7) is 5.87. The van der Waals surface area contributed by atoms with Gasteiger partial charge in [0.25, 0.3) is 0 Å². The van der Waals surface area contributed by atoms with Gasteiger partial charge in [-0.05, 0) is 58.0 Å². The predicted molar refractivity (Wildman–Crippen MR) is 249 cm³/mol. The third kappa shape index (κ3) is 33.5. The van der Waals surface area contributed by atoms with Crippen LogP contribution in [0.5, 0.6) is 0 Å². The smallest absolute Gasteiger partial charge is 0.329 e. The number of nitrogens with zero attached hydrogens (tertiary/aromatic N) is 1. The molecule has 0 radical (unpaired) electrons. The molecule has 0 aromatic rings. The first-order valence-corrected chi connectivity index (χ1v) is 25.3. The molecule has 0 aromatic carbocycles. The lowest BCUT2D eigenvalue weighted by molar-refractivity contribution is -0.163. The lowest BCUT2D eigenvalue weighted by atomic mass is 10.0. The van der Waals surface area contributed by atoms with Gasteiger partial charge in [-0.2, -0.15) is 0 Å². The first-order valence-electron chi connectivity index (χ1n) is 25.3. The van der Waals surface area contributed by atoms with E-state index in [0.717, 1.165) is 43.4 Å². The second kappa shape index (κ2) is 43.6. The number of rotatable bonds is 45. The predicted octanol–water partition coefficient (Wildman–Crippen LogP) is 10.5. The molecule has 0 rings (SSSR count). The number of carbonyl (C=O) groups excluding carboxylic acids is 4. The zero-order valence-electron chi connectivity index (χ0n) is 39.2. The van der Waals surface area contributed by atoms with E-state index in [2.05, 4.69) is 13.8 Å². The van der Waals surface area contributed by atoms with Gasteiger partial charge in [-0.1, -0.05) is 194 Å². The van der Waals surface area contributed by atoms with Crippen LogP contribution < -0.4 is 22.9 Å². The Hall–Kier alpha value is -2.08. The molecule has 11 nitrogen and oxygen atoms in total. The quantitative estimate of drug-likeness (QED) is 0.0338. The number of ether oxygens (including phenoxy) is 2. The van der Waals surface area contributed by atoms with Crippen molar-refractivity contribution in [3.05, 3.63) is 0 Å². The molecule has 2 amide bonds. The van der Waals surface area contributed by atoms with Crippen LogP contribution >= 0.6 is 0 Å². The normalized spacial score (nSPS) is 12.9. The largest absolute Gasteiger partial charge is 0.466 e. The Bertz CT molecular complexity index is 989. The zero-order valence-corrected chi connectivity index (χ0v) is 39.2. The zero-order chi connectivity index (χ0) is 44.3. The Balaban J connectivity index is 5.13. The molecule has 3 atom stereocenters. The highest BCUT2D eigenvalue weighted by molar-refractivity contribution is 6.03. The van der Waals surface area contributed by atoms with Crippen molar-refractivity contribution in [3.8, 4) is 0 Å². The molecule has 354 valence electrons. The van der Waals surface area contributed by atoms with Gasteiger partial charge >= 0.3 is 11.9 Å². The van der Waals surface area contributed by atoms with Crippen molar-refractivity contribution in [2.75, 3.05) is 26.3 Å². The minimum absolute atomic E-state index is 0.127. The van der Waals surface area contributed by atoms with Gasteiger partial charge in [0.15, 0.2) is 0 Å². The van der Waals surface area contributed by atoms with Crippen molar-refractivity contribution in [1.29, 1.82) is 0 Å². The van der Waals surface area contributed by atoms with Crippen LogP contribution in [0.2, 0.25) is 0 Å². The third-order valence-corrected chi connectivity index (χ3v) is 11.8. The fourth-order valence-corrected chi connectivity index (χ4v) is 7.76. The molecule has 0 saturated carbocycles.